The second kappa shape index (κ2) is 9.60. The summed E-state index contributed by atoms with van der Waals surface area (Å²) < 4.78 is 39.3. The molecule has 1 saturated heterocycles. The van der Waals surface area contributed by atoms with Gasteiger partial charge in [-0.05, 0) is 67.8 Å². The molecule has 34 heavy (non-hydrogen) atoms. The molecule has 4 rings (SSSR count). The van der Waals surface area contributed by atoms with E-state index < -0.39 is 10.0 Å². The topological polar surface area (TPSA) is 84.9 Å². The molecule has 0 saturated carbocycles. The molecule has 2 aromatic carbocycles. The van der Waals surface area contributed by atoms with Crippen molar-refractivity contribution in [1.82, 2.24) is 14.5 Å². The molecule has 9 heteroatoms. The number of aromatic nitrogens is 2. The first kappa shape index (κ1) is 24.0. The number of methoxy groups -OCH3 is 2. The first-order valence-electron chi connectivity index (χ1n) is 11.1. The molecule has 0 bridgehead atoms. The number of aryl methyl sites for hydroxylation is 1. The summed E-state index contributed by atoms with van der Waals surface area (Å²) in [6.45, 7) is 7.42. The molecule has 1 aliphatic rings. The highest BCUT2D eigenvalue weighted by Gasteiger charge is 2.31. The van der Waals surface area contributed by atoms with E-state index in [0.717, 1.165) is 45.3 Å². The van der Waals surface area contributed by atoms with Crippen molar-refractivity contribution >= 4 is 15.8 Å². The number of hydrogen-bond donors (Lipinski definition) is 0. The van der Waals surface area contributed by atoms with Crippen LogP contribution < -0.4 is 14.4 Å². The molecule has 0 atom stereocenters. The highest BCUT2D eigenvalue weighted by atomic mass is 32.2. The van der Waals surface area contributed by atoms with E-state index >= 15 is 0 Å². The summed E-state index contributed by atoms with van der Waals surface area (Å²) in [6.07, 6.45) is 0. The second-order valence-corrected chi connectivity index (χ2v) is 10.2. The van der Waals surface area contributed by atoms with Crippen molar-refractivity contribution in [1.29, 1.82) is 0 Å². The van der Waals surface area contributed by atoms with Crippen molar-refractivity contribution in [2.45, 2.75) is 25.7 Å². The van der Waals surface area contributed by atoms with Crippen molar-refractivity contribution in [2.24, 2.45) is 0 Å². The number of para-hydroxylation sites is 1. The number of nitrogens with zero attached hydrogens (tertiary/aromatic N) is 4. The predicted molar refractivity (Wildman–Crippen MR) is 132 cm³/mol. The third-order valence-corrected chi connectivity index (χ3v) is 8.42. The third kappa shape index (κ3) is 4.33. The Hall–Kier alpha value is -3.17. The number of piperazine rings is 1. The molecule has 3 aromatic rings. The fourth-order valence-electron chi connectivity index (χ4n) is 4.39. The number of ether oxygens (including phenoxy) is 2. The lowest BCUT2D eigenvalue weighted by Crippen LogP contribution is -2.49. The summed E-state index contributed by atoms with van der Waals surface area (Å²) in [5.74, 6) is 2.20. The molecule has 2 heterocycles. The van der Waals surface area contributed by atoms with E-state index in [2.05, 4.69) is 15.1 Å². The predicted octanol–water partition coefficient (Wildman–Crippen LogP) is 3.60. The van der Waals surface area contributed by atoms with Gasteiger partial charge in [-0.3, -0.25) is 0 Å². The van der Waals surface area contributed by atoms with Gasteiger partial charge in [-0.2, -0.15) is 4.31 Å². The maximum atomic E-state index is 13.4. The lowest BCUT2D eigenvalue weighted by molar-refractivity contribution is 0.382. The lowest BCUT2D eigenvalue weighted by Gasteiger charge is -2.35. The largest absolute Gasteiger partial charge is 0.496 e. The standard InChI is InChI=1S/C25H30N4O4S/c1-17-16-23(18(2)19(3)25(17)33-5)34(30,31)29-14-12-28(13-15-29)24-11-10-21(26-27-24)20-8-6-7-9-22(20)32-4/h6-11,16H,12-15H2,1-5H3. The monoisotopic (exact) mass is 482 g/mol. The van der Waals surface area contributed by atoms with E-state index in [1.54, 1.807) is 24.6 Å². The number of rotatable bonds is 6. The van der Waals surface area contributed by atoms with Gasteiger partial charge in [-0.15, -0.1) is 10.2 Å². The van der Waals surface area contributed by atoms with Gasteiger partial charge in [0, 0.05) is 31.7 Å². The van der Waals surface area contributed by atoms with Crippen LogP contribution in [0.5, 0.6) is 11.5 Å². The van der Waals surface area contributed by atoms with Gasteiger partial charge in [-0.25, -0.2) is 8.42 Å². The Morgan fingerprint density at radius 2 is 1.56 bits per heavy atom. The summed E-state index contributed by atoms with van der Waals surface area (Å²) in [6, 6.07) is 13.2. The zero-order valence-electron chi connectivity index (χ0n) is 20.2. The van der Waals surface area contributed by atoms with Crippen LogP contribution in [0.1, 0.15) is 16.7 Å². The number of sulfonamides is 1. The van der Waals surface area contributed by atoms with Crippen molar-refractivity contribution in [3.05, 3.63) is 59.2 Å². The molecule has 0 aliphatic carbocycles. The minimum Gasteiger partial charge on any atom is -0.496 e. The van der Waals surface area contributed by atoms with Crippen LogP contribution in [0.4, 0.5) is 5.82 Å². The van der Waals surface area contributed by atoms with Gasteiger partial charge in [0.05, 0.1) is 24.8 Å². The first-order chi connectivity index (χ1) is 16.3. The Morgan fingerprint density at radius 3 is 2.18 bits per heavy atom. The Bertz CT molecular complexity index is 1290. The average Bonchev–Trinajstić information content (AvgIpc) is 2.86. The normalized spacial score (nSPS) is 14.8. The van der Waals surface area contributed by atoms with E-state index in [-0.39, 0.29) is 0 Å². The molecule has 0 amide bonds. The third-order valence-electron chi connectivity index (χ3n) is 6.40. The molecule has 180 valence electrons. The molecule has 0 N–H and O–H groups in total. The zero-order chi connectivity index (χ0) is 24.5. The summed E-state index contributed by atoms with van der Waals surface area (Å²) in [7, 11) is -0.383. The lowest BCUT2D eigenvalue weighted by atomic mass is 10.1. The number of benzene rings is 2. The minimum atomic E-state index is -3.62. The van der Waals surface area contributed by atoms with E-state index in [9.17, 15) is 8.42 Å². The Kier molecular flexibility index (Phi) is 6.77. The van der Waals surface area contributed by atoms with Crippen LogP contribution in [-0.4, -0.2) is 63.3 Å². The van der Waals surface area contributed by atoms with Crippen molar-refractivity contribution < 1.29 is 17.9 Å². The molecule has 8 nitrogen and oxygen atoms in total. The maximum Gasteiger partial charge on any atom is 0.243 e. The molecule has 0 unspecified atom stereocenters. The summed E-state index contributed by atoms with van der Waals surface area (Å²) >= 11 is 0. The fourth-order valence-corrected chi connectivity index (χ4v) is 6.18. The van der Waals surface area contributed by atoms with Gasteiger partial charge >= 0.3 is 0 Å². The van der Waals surface area contributed by atoms with E-state index in [0.29, 0.717) is 31.1 Å². The van der Waals surface area contributed by atoms with Gasteiger partial charge in [0.25, 0.3) is 0 Å². The summed E-state index contributed by atoms with van der Waals surface area (Å²) in [5.41, 5.74) is 3.99. The maximum absolute atomic E-state index is 13.4. The van der Waals surface area contributed by atoms with Gasteiger partial charge in [0.15, 0.2) is 5.82 Å². The van der Waals surface area contributed by atoms with E-state index in [4.69, 9.17) is 9.47 Å². The fraction of sp³-hybridized carbons (Fsp3) is 0.360. The Morgan fingerprint density at radius 1 is 0.853 bits per heavy atom. The van der Waals surface area contributed by atoms with Crippen molar-refractivity contribution in [3.8, 4) is 22.8 Å². The quantitative estimate of drug-likeness (QED) is 0.531. The Balaban J connectivity index is 1.49. The molecular formula is C25H30N4O4S. The molecule has 1 fully saturated rings. The molecule has 1 aliphatic heterocycles. The smallest absolute Gasteiger partial charge is 0.243 e. The van der Waals surface area contributed by atoms with Crippen LogP contribution in [-0.2, 0) is 10.0 Å². The van der Waals surface area contributed by atoms with Crippen LogP contribution >= 0.6 is 0 Å². The van der Waals surface area contributed by atoms with Gasteiger partial charge < -0.3 is 14.4 Å². The van der Waals surface area contributed by atoms with E-state index in [1.807, 2.05) is 57.2 Å². The minimum absolute atomic E-state index is 0.345. The van der Waals surface area contributed by atoms with Crippen LogP contribution in [0.2, 0.25) is 0 Å². The zero-order valence-corrected chi connectivity index (χ0v) is 21.0. The summed E-state index contributed by atoms with van der Waals surface area (Å²) in [4.78, 5) is 2.40. The molecular weight excluding hydrogens is 452 g/mol. The van der Waals surface area contributed by atoms with Crippen LogP contribution in [0, 0.1) is 20.8 Å². The number of anilines is 1. The van der Waals surface area contributed by atoms with Crippen molar-refractivity contribution in [2.75, 3.05) is 45.3 Å². The van der Waals surface area contributed by atoms with Crippen LogP contribution in [0.15, 0.2) is 47.4 Å². The van der Waals surface area contributed by atoms with Crippen LogP contribution in [0.25, 0.3) is 11.3 Å². The second-order valence-electron chi connectivity index (χ2n) is 8.34. The SMILES string of the molecule is COc1ccccc1-c1ccc(N2CCN(S(=O)(=O)c3cc(C)c(OC)c(C)c3C)CC2)nn1. The Labute approximate surface area is 201 Å². The highest BCUT2D eigenvalue weighted by Crippen LogP contribution is 2.33. The van der Waals surface area contributed by atoms with Gasteiger partial charge in [0.2, 0.25) is 10.0 Å². The first-order valence-corrected chi connectivity index (χ1v) is 12.6. The summed E-state index contributed by atoms with van der Waals surface area (Å²) in [5, 5.41) is 8.77. The average molecular weight is 483 g/mol. The van der Waals surface area contributed by atoms with E-state index in [1.165, 1.54) is 0 Å². The highest BCUT2D eigenvalue weighted by molar-refractivity contribution is 7.89. The molecule has 0 spiro atoms. The molecule has 0 radical (unpaired) electrons. The van der Waals surface area contributed by atoms with Crippen LogP contribution in [0.3, 0.4) is 0 Å². The molecule has 1 aromatic heterocycles. The van der Waals surface area contributed by atoms with Gasteiger partial charge in [-0.1, -0.05) is 12.1 Å². The van der Waals surface area contributed by atoms with Crippen molar-refractivity contribution in [3.63, 3.8) is 0 Å². The van der Waals surface area contributed by atoms with Gasteiger partial charge in [0.1, 0.15) is 11.5 Å². The number of hydrogen-bond acceptors (Lipinski definition) is 7.